The maximum Gasteiger partial charge on any atom is 0.404 e. The first-order chi connectivity index (χ1) is 11.6. The first-order valence-corrected chi connectivity index (χ1v) is 9.88. The van der Waals surface area contributed by atoms with Crippen LogP contribution in [0, 0.1) is 17.3 Å². The van der Waals surface area contributed by atoms with Crippen molar-refractivity contribution in [1.29, 1.82) is 0 Å². The highest BCUT2D eigenvalue weighted by atomic mass is 19.4. The van der Waals surface area contributed by atoms with Gasteiger partial charge < -0.3 is 4.74 Å². The van der Waals surface area contributed by atoms with Crippen LogP contribution in [-0.4, -0.2) is 17.7 Å². The van der Waals surface area contributed by atoms with Crippen LogP contribution in [0.15, 0.2) is 0 Å². The highest BCUT2D eigenvalue weighted by Crippen LogP contribution is 2.49. The Labute approximate surface area is 150 Å². The third-order valence-corrected chi connectivity index (χ3v) is 6.14. The molecule has 1 aliphatic rings. The summed E-state index contributed by atoms with van der Waals surface area (Å²) < 4.78 is 47.5. The van der Waals surface area contributed by atoms with Gasteiger partial charge in [0.05, 0.1) is 0 Å². The van der Waals surface area contributed by atoms with E-state index in [1.807, 2.05) is 13.8 Å². The molecule has 0 bridgehead atoms. The molecule has 0 radical (unpaired) electrons. The van der Waals surface area contributed by atoms with Crippen LogP contribution < -0.4 is 0 Å². The number of hydrogen-bond donors (Lipinski definition) is 0. The summed E-state index contributed by atoms with van der Waals surface area (Å²) in [4.78, 5) is 12.9. The van der Waals surface area contributed by atoms with Crippen molar-refractivity contribution in [2.75, 3.05) is 0 Å². The predicted octanol–water partition coefficient (Wildman–Crippen LogP) is 6.67. The average molecular weight is 364 g/mol. The van der Waals surface area contributed by atoms with Gasteiger partial charge in [0, 0.05) is 0 Å². The zero-order chi connectivity index (χ0) is 19.3. The summed E-state index contributed by atoms with van der Waals surface area (Å²) in [5, 5.41) is 0. The van der Waals surface area contributed by atoms with Crippen LogP contribution in [0.3, 0.4) is 0 Å². The molecule has 1 fully saturated rings. The van der Waals surface area contributed by atoms with Crippen LogP contribution >= 0.6 is 0 Å². The second-order valence-electron chi connectivity index (χ2n) is 8.03. The van der Waals surface area contributed by atoms with Crippen molar-refractivity contribution < 1.29 is 22.7 Å². The van der Waals surface area contributed by atoms with Crippen LogP contribution in [-0.2, 0) is 9.53 Å². The highest BCUT2D eigenvalue weighted by Gasteiger charge is 2.61. The van der Waals surface area contributed by atoms with E-state index in [2.05, 4.69) is 0 Å². The largest absolute Gasteiger partial charge is 0.458 e. The molecule has 1 rings (SSSR count). The molecule has 148 valence electrons. The first-order valence-electron chi connectivity index (χ1n) is 9.88. The van der Waals surface area contributed by atoms with Gasteiger partial charge in [-0.1, -0.05) is 53.9 Å². The normalized spacial score (nSPS) is 19.7. The van der Waals surface area contributed by atoms with Gasteiger partial charge in [-0.15, -0.1) is 0 Å². The minimum atomic E-state index is -4.59. The first kappa shape index (κ1) is 22.3. The SMILES string of the molecule is CCC(CC)(OC(=O)C(CC)(CC(C)C)C(F)(F)F)C1CCCCC1. The van der Waals surface area contributed by atoms with E-state index in [1.165, 1.54) is 6.92 Å². The topological polar surface area (TPSA) is 26.3 Å². The Morgan fingerprint density at radius 2 is 1.52 bits per heavy atom. The Bertz CT molecular complexity index is 421. The molecule has 0 N–H and O–H groups in total. The summed E-state index contributed by atoms with van der Waals surface area (Å²) in [7, 11) is 0. The number of esters is 1. The maximum atomic E-state index is 13.9. The Hall–Kier alpha value is -0.740. The van der Waals surface area contributed by atoms with Gasteiger partial charge in [0.1, 0.15) is 5.60 Å². The smallest absolute Gasteiger partial charge is 0.404 e. The monoisotopic (exact) mass is 364 g/mol. The van der Waals surface area contributed by atoms with Crippen molar-refractivity contribution in [3.05, 3.63) is 0 Å². The lowest BCUT2D eigenvalue weighted by Gasteiger charge is -2.44. The number of halogens is 3. The molecule has 0 spiro atoms. The molecule has 1 atom stereocenters. The lowest BCUT2D eigenvalue weighted by molar-refractivity contribution is -0.250. The number of ether oxygens (including phenoxy) is 1. The summed E-state index contributed by atoms with van der Waals surface area (Å²) >= 11 is 0. The number of hydrogen-bond acceptors (Lipinski definition) is 2. The molecule has 5 heteroatoms. The van der Waals surface area contributed by atoms with Gasteiger partial charge in [0.2, 0.25) is 0 Å². The number of carbonyl (C=O) groups excluding carboxylic acids is 1. The summed E-state index contributed by atoms with van der Waals surface area (Å²) in [6, 6.07) is 0. The molecule has 0 amide bonds. The average Bonchev–Trinajstić information content (AvgIpc) is 2.56. The van der Waals surface area contributed by atoms with E-state index in [9.17, 15) is 18.0 Å². The second kappa shape index (κ2) is 8.77. The standard InChI is InChI=1S/C20H35F3O2/c1-6-18(14-15(4)5,20(21,22)23)17(24)25-19(7-2,8-3)16-12-10-9-11-13-16/h15-16H,6-14H2,1-5H3. The van der Waals surface area contributed by atoms with Gasteiger partial charge in [0.15, 0.2) is 5.41 Å². The van der Waals surface area contributed by atoms with Gasteiger partial charge in [-0.2, -0.15) is 13.2 Å². The number of carbonyl (C=O) groups is 1. The quantitative estimate of drug-likeness (QED) is 0.449. The molecule has 1 unspecified atom stereocenters. The van der Waals surface area contributed by atoms with Gasteiger partial charge in [-0.25, -0.2) is 0 Å². The summed E-state index contributed by atoms with van der Waals surface area (Å²) in [6.45, 7) is 8.73. The van der Waals surface area contributed by atoms with Crippen LogP contribution in [0.4, 0.5) is 13.2 Å². The fraction of sp³-hybridized carbons (Fsp3) is 0.950. The summed E-state index contributed by atoms with van der Waals surface area (Å²) in [5.74, 6) is -1.13. The molecule has 0 aromatic rings. The second-order valence-corrected chi connectivity index (χ2v) is 8.03. The Morgan fingerprint density at radius 1 is 1.00 bits per heavy atom. The van der Waals surface area contributed by atoms with E-state index in [1.54, 1.807) is 13.8 Å². The fourth-order valence-electron chi connectivity index (χ4n) is 4.47. The van der Waals surface area contributed by atoms with Crippen LogP contribution in [0.2, 0.25) is 0 Å². The molecule has 0 aromatic carbocycles. The van der Waals surface area contributed by atoms with E-state index >= 15 is 0 Å². The maximum absolute atomic E-state index is 13.9. The molecule has 0 saturated heterocycles. The zero-order valence-electron chi connectivity index (χ0n) is 16.5. The number of rotatable bonds is 8. The van der Waals surface area contributed by atoms with Crippen molar-refractivity contribution in [3.8, 4) is 0 Å². The minimum Gasteiger partial charge on any atom is -0.458 e. The Kier molecular flexibility index (Phi) is 7.82. The number of alkyl halides is 3. The lowest BCUT2D eigenvalue weighted by atomic mass is 9.73. The van der Waals surface area contributed by atoms with E-state index in [0.717, 1.165) is 32.1 Å². The molecular weight excluding hydrogens is 329 g/mol. The molecule has 1 saturated carbocycles. The molecule has 1 aliphatic carbocycles. The van der Waals surface area contributed by atoms with E-state index in [-0.39, 0.29) is 24.7 Å². The highest BCUT2D eigenvalue weighted by molar-refractivity contribution is 5.78. The summed E-state index contributed by atoms with van der Waals surface area (Å²) in [5.41, 5.74) is -3.16. The van der Waals surface area contributed by atoms with Gasteiger partial charge in [0.25, 0.3) is 0 Å². The van der Waals surface area contributed by atoms with Crippen molar-refractivity contribution in [3.63, 3.8) is 0 Å². The van der Waals surface area contributed by atoms with Gasteiger partial charge in [-0.05, 0) is 50.4 Å². The fourth-order valence-corrected chi connectivity index (χ4v) is 4.47. The molecule has 0 aliphatic heterocycles. The summed E-state index contributed by atoms with van der Waals surface area (Å²) in [6.07, 6.45) is 1.20. The lowest BCUT2D eigenvalue weighted by Crippen LogP contribution is -2.52. The molecule has 25 heavy (non-hydrogen) atoms. The van der Waals surface area contributed by atoms with Crippen LogP contribution in [0.5, 0.6) is 0 Å². The van der Waals surface area contributed by atoms with E-state index < -0.39 is 23.2 Å². The van der Waals surface area contributed by atoms with Crippen molar-refractivity contribution in [2.45, 2.75) is 104 Å². The van der Waals surface area contributed by atoms with E-state index in [4.69, 9.17) is 4.74 Å². The van der Waals surface area contributed by atoms with Crippen molar-refractivity contribution in [1.82, 2.24) is 0 Å². The van der Waals surface area contributed by atoms with Crippen molar-refractivity contribution in [2.24, 2.45) is 17.3 Å². The van der Waals surface area contributed by atoms with Crippen molar-refractivity contribution >= 4 is 5.97 Å². The Morgan fingerprint density at radius 3 is 1.88 bits per heavy atom. The van der Waals surface area contributed by atoms with Gasteiger partial charge >= 0.3 is 12.1 Å². The third kappa shape index (κ3) is 4.71. The molecular formula is C20H35F3O2. The molecule has 0 aromatic heterocycles. The Balaban J connectivity index is 3.17. The zero-order valence-corrected chi connectivity index (χ0v) is 16.5. The van der Waals surface area contributed by atoms with Crippen LogP contribution in [0.25, 0.3) is 0 Å². The molecule has 0 heterocycles. The third-order valence-electron chi connectivity index (χ3n) is 6.14. The molecule has 2 nitrogen and oxygen atoms in total. The minimum absolute atomic E-state index is 0.169. The van der Waals surface area contributed by atoms with Gasteiger partial charge in [-0.3, -0.25) is 4.79 Å². The predicted molar refractivity (Wildman–Crippen MR) is 94.2 cm³/mol. The van der Waals surface area contributed by atoms with E-state index in [0.29, 0.717) is 12.8 Å². The van der Waals surface area contributed by atoms with Crippen LogP contribution in [0.1, 0.15) is 92.4 Å².